The molecule has 41 heavy (non-hydrogen) atoms. The second-order valence-corrected chi connectivity index (χ2v) is 10.5. The lowest BCUT2D eigenvalue weighted by Crippen LogP contribution is -2.55. The molecule has 2 N–H and O–H groups in total. The number of aliphatic carboxylic acids is 1. The quantitative estimate of drug-likeness (QED) is 0.260. The molecule has 0 bridgehead atoms. The first kappa shape index (κ1) is 30.2. The number of alkyl halides is 7. The number of nitrogens with one attached hydrogen (secondary N) is 1. The Balaban J connectivity index is 1.64. The predicted molar refractivity (Wildman–Crippen MR) is 143 cm³/mol. The average molecular weight is 596 g/mol. The Morgan fingerprint density at radius 1 is 0.878 bits per heavy atom. The maximum absolute atomic E-state index is 14.4. The number of allylic oxidation sites excluding steroid dienone is 7. The van der Waals surface area contributed by atoms with Crippen LogP contribution in [0.5, 0.6) is 0 Å². The highest BCUT2D eigenvalue weighted by molar-refractivity contribution is 6.28. The van der Waals surface area contributed by atoms with Crippen LogP contribution in [0, 0.1) is 11.3 Å². The van der Waals surface area contributed by atoms with Crippen LogP contribution < -0.4 is 5.32 Å². The number of carboxylic acids is 1. The van der Waals surface area contributed by atoms with E-state index in [0.717, 1.165) is 18.2 Å². The number of carboxylic acid groups (broad SMARTS) is 1. The van der Waals surface area contributed by atoms with Crippen molar-refractivity contribution in [3.63, 3.8) is 0 Å². The van der Waals surface area contributed by atoms with E-state index < -0.39 is 59.3 Å². The molecule has 2 aromatic rings. The average Bonchev–Trinajstić information content (AvgIpc) is 2.93. The van der Waals surface area contributed by atoms with Crippen LogP contribution >= 0.6 is 11.6 Å². The third kappa shape index (κ3) is 6.12. The summed E-state index contributed by atoms with van der Waals surface area (Å²) in [5.41, 5.74) is -0.882. The molecule has 2 aromatic carbocycles. The number of hydrogen-bond donors (Lipinski definition) is 2. The van der Waals surface area contributed by atoms with Gasteiger partial charge in [0.1, 0.15) is 6.04 Å². The lowest BCUT2D eigenvalue weighted by atomic mass is 9.73. The number of hydrogen-bond acceptors (Lipinski definition) is 2. The number of carbonyl (C=O) groups excluding carboxylic acids is 1. The minimum absolute atomic E-state index is 0.207. The molecule has 4 unspecified atom stereocenters. The fourth-order valence-corrected chi connectivity index (χ4v) is 5.08. The summed E-state index contributed by atoms with van der Waals surface area (Å²) in [6, 6.07) is 14.5. The van der Waals surface area contributed by atoms with Gasteiger partial charge in [-0.25, -0.2) is 4.79 Å². The summed E-state index contributed by atoms with van der Waals surface area (Å²) < 4.78 is 85.3. The summed E-state index contributed by atoms with van der Waals surface area (Å²) in [5, 5.41) is 11.7. The van der Waals surface area contributed by atoms with Gasteiger partial charge in [-0.15, -0.1) is 11.6 Å². The van der Waals surface area contributed by atoms with Gasteiger partial charge in [0.25, 0.3) is 0 Å². The van der Waals surface area contributed by atoms with Gasteiger partial charge in [-0.3, -0.25) is 4.79 Å². The van der Waals surface area contributed by atoms with E-state index >= 15 is 0 Å². The first-order valence-electron chi connectivity index (χ1n) is 12.4. The summed E-state index contributed by atoms with van der Waals surface area (Å²) in [6.45, 7) is 0. The Hall–Kier alpha value is -3.79. The van der Waals surface area contributed by atoms with Crippen LogP contribution in [-0.2, 0) is 9.59 Å². The second-order valence-electron chi connectivity index (χ2n) is 9.89. The number of rotatable bonds is 7. The van der Waals surface area contributed by atoms with E-state index in [1.54, 1.807) is 60.7 Å². The third-order valence-corrected chi connectivity index (χ3v) is 7.83. The maximum Gasteiger partial charge on any atom is 0.412 e. The zero-order valence-electron chi connectivity index (χ0n) is 21.2. The first-order valence-corrected chi connectivity index (χ1v) is 12.8. The Labute approximate surface area is 236 Å². The van der Waals surface area contributed by atoms with Crippen LogP contribution in [0.2, 0.25) is 0 Å². The lowest BCUT2D eigenvalue weighted by molar-refractivity contribution is -0.210. The highest BCUT2D eigenvalue weighted by atomic mass is 35.5. The SMILES string of the molecule is O=C(O)C(CC1(C(F)(F)F)C=CC(c2ccccc2)=CC1)NC(=O)C1C=C(c2ccccc2)C=CC1(Cl)C(F)(F)F. The number of carbonyl (C=O) groups is 2. The number of halogens is 7. The molecule has 0 saturated carbocycles. The van der Waals surface area contributed by atoms with Crippen LogP contribution in [0.15, 0.2) is 97.1 Å². The summed E-state index contributed by atoms with van der Waals surface area (Å²) in [4.78, 5) is 22.1. The molecular weight excluding hydrogens is 572 g/mol. The smallest absolute Gasteiger partial charge is 0.412 e. The van der Waals surface area contributed by atoms with Crippen molar-refractivity contribution in [1.29, 1.82) is 0 Å². The molecule has 0 saturated heterocycles. The van der Waals surface area contributed by atoms with Crippen molar-refractivity contribution in [3.8, 4) is 0 Å². The second kappa shape index (κ2) is 11.2. The summed E-state index contributed by atoms with van der Waals surface area (Å²) in [6.07, 6.45) is -5.85. The zero-order valence-corrected chi connectivity index (χ0v) is 22.0. The van der Waals surface area contributed by atoms with E-state index in [-0.39, 0.29) is 5.57 Å². The Morgan fingerprint density at radius 3 is 1.88 bits per heavy atom. The van der Waals surface area contributed by atoms with Gasteiger partial charge in [-0.1, -0.05) is 97.1 Å². The van der Waals surface area contributed by atoms with Gasteiger partial charge in [0.05, 0.1) is 11.3 Å². The van der Waals surface area contributed by atoms with Crippen LogP contribution in [0.4, 0.5) is 26.3 Å². The van der Waals surface area contributed by atoms with Crippen molar-refractivity contribution in [2.24, 2.45) is 11.3 Å². The number of benzene rings is 2. The van der Waals surface area contributed by atoms with Gasteiger partial charge in [0.2, 0.25) is 5.91 Å². The molecule has 0 aromatic heterocycles. The van der Waals surface area contributed by atoms with E-state index in [0.29, 0.717) is 22.8 Å². The minimum Gasteiger partial charge on any atom is -0.480 e. The van der Waals surface area contributed by atoms with Gasteiger partial charge in [0.15, 0.2) is 4.87 Å². The monoisotopic (exact) mass is 595 g/mol. The molecule has 0 radical (unpaired) electrons. The van der Waals surface area contributed by atoms with E-state index in [1.807, 2.05) is 5.32 Å². The molecule has 1 amide bonds. The van der Waals surface area contributed by atoms with Crippen molar-refractivity contribution in [2.45, 2.75) is 36.1 Å². The van der Waals surface area contributed by atoms with Crippen LogP contribution in [0.3, 0.4) is 0 Å². The molecular formula is C30H24ClF6NO3. The summed E-state index contributed by atoms with van der Waals surface area (Å²) >= 11 is 5.93. The molecule has 0 aliphatic heterocycles. The fourth-order valence-electron chi connectivity index (χ4n) is 4.86. The maximum atomic E-state index is 14.4. The van der Waals surface area contributed by atoms with Crippen molar-refractivity contribution < 1.29 is 41.0 Å². The topological polar surface area (TPSA) is 66.4 Å². The van der Waals surface area contributed by atoms with E-state index in [4.69, 9.17) is 11.6 Å². The van der Waals surface area contributed by atoms with Gasteiger partial charge in [-0.05, 0) is 35.1 Å². The third-order valence-electron chi connectivity index (χ3n) is 7.25. The Kier molecular flexibility index (Phi) is 8.27. The zero-order chi connectivity index (χ0) is 30.1. The molecule has 4 rings (SSSR count). The van der Waals surface area contributed by atoms with E-state index in [9.17, 15) is 41.0 Å². The fraction of sp³-hybridized carbons (Fsp3) is 0.267. The molecule has 0 spiro atoms. The predicted octanol–water partition coefficient (Wildman–Crippen LogP) is 7.35. The lowest BCUT2D eigenvalue weighted by Gasteiger charge is -2.38. The van der Waals surface area contributed by atoms with Crippen molar-refractivity contribution >= 4 is 34.6 Å². The molecule has 0 heterocycles. The summed E-state index contributed by atoms with van der Waals surface area (Å²) in [5.74, 6) is -5.47. The molecule has 2 aliphatic carbocycles. The molecule has 2 aliphatic rings. The highest BCUT2D eigenvalue weighted by Crippen LogP contribution is 2.50. The van der Waals surface area contributed by atoms with Crippen molar-refractivity contribution in [3.05, 3.63) is 108 Å². The summed E-state index contributed by atoms with van der Waals surface area (Å²) in [7, 11) is 0. The van der Waals surface area contributed by atoms with Gasteiger partial charge >= 0.3 is 18.3 Å². The normalized spacial score (nSPS) is 25.2. The molecule has 0 fully saturated rings. The van der Waals surface area contributed by atoms with Crippen molar-refractivity contribution in [1.82, 2.24) is 5.32 Å². The van der Waals surface area contributed by atoms with E-state index in [1.165, 1.54) is 12.2 Å². The van der Waals surface area contributed by atoms with Crippen LogP contribution in [0.1, 0.15) is 24.0 Å². The first-order chi connectivity index (χ1) is 19.2. The van der Waals surface area contributed by atoms with Gasteiger partial charge in [-0.2, -0.15) is 26.3 Å². The minimum atomic E-state index is -5.15. The number of amides is 1. The molecule has 11 heteroatoms. The Bertz CT molecular complexity index is 1420. The molecule has 216 valence electrons. The van der Waals surface area contributed by atoms with Crippen LogP contribution in [-0.4, -0.2) is 40.3 Å². The van der Waals surface area contributed by atoms with Crippen LogP contribution in [0.25, 0.3) is 11.1 Å². The standard InChI is InChI=1S/C30H24ClF6NO3/c31-28(30(35,36)37)16-13-22(20-9-5-2-6-10-20)17-23(28)25(39)38-24(26(40)41)18-27(29(32,33)34)14-11-21(12-15-27)19-7-3-1-4-8-19/h1-14,16-17,23-24H,15,18H2,(H,38,39)(H,40,41). The molecule has 4 nitrogen and oxygen atoms in total. The Morgan fingerprint density at radius 2 is 1.41 bits per heavy atom. The molecule has 4 atom stereocenters. The van der Waals surface area contributed by atoms with E-state index in [2.05, 4.69) is 0 Å². The van der Waals surface area contributed by atoms with Gasteiger partial charge < -0.3 is 10.4 Å². The highest BCUT2D eigenvalue weighted by Gasteiger charge is 2.60. The van der Waals surface area contributed by atoms with Crippen molar-refractivity contribution in [2.75, 3.05) is 0 Å². The van der Waals surface area contributed by atoms with Gasteiger partial charge in [0, 0.05) is 0 Å². The largest absolute Gasteiger partial charge is 0.480 e.